The SMILES string of the molecule is Cc1ccc(C2=C(N3CCOCC3)C(=O)N(c3ccc(F)c(Cl)c3)C2=O)cc1C. The highest BCUT2D eigenvalue weighted by molar-refractivity contribution is 6.45. The van der Waals surface area contributed by atoms with Gasteiger partial charge >= 0.3 is 0 Å². The summed E-state index contributed by atoms with van der Waals surface area (Å²) in [5.74, 6) is -1.49. The number of imide groups is 1. The number of hydrogen-bond donors (Lipinski definition) is 0. The summed E-state index contributed by atoms with van der Waals surface area (Å²) < 4.78 is 19.0. The van der Waals surface area contributed by atoms with Crippen LogP contribution in [0.2, 0.25) is 5.02 Å². The average Bonchev–Trinajstić information content (AvgIpc) is 2.97. The Hall–Kier alpha value is -2.70. The van der Waals surface area contributed by atoms with Crippen LogP contribution in [0.5, 0.6) is 0 Å². The van der Waals surface area contributed by atoms with E-state index in [-0.39, 0.29) is 10.7 Å². The molecule has 29 heavy (non-hydrogen) atoms. The van der Waals surface area contributed by atoms with Crippen molar-refractivity contribution in [3.63, 3.8) is 0 Å². The molecular weight excluding hydrogens is 395 g/mol. The van der Waals surface area contributed by atoms with Crippen molar-refractivity contribution in [2.75, 3.05) is 31.2 Å². The topological polar surface area (TPSA) is 49.9 Å². The lowest BCUT2D eigenvalue weighted by molar-refractivity contribution is -0.121. The van der Waals surface area contributed by atoms with E-state index in [2.05, 4.69) is 0 Å². The van der Waals surface area contributed by atoms with Crippen molar-refractivity contribution in [1.29, 1.82) is 0 Å². The first-order chi connectivity index (χ1) is 13.9. The molecule has 0 aromatic heterocycles. The van der Waals surface area contributed by atoms with Crippen LogP contribution in [0.4, 0.5) is 10.1 Å². The molecule has 2 aliphatic rings. The third-order valence-corrected chi connectivity index (χ3v) is 5.63. The second kappa shape index (κ2) is 7.61. The molecule has 1 saturated heterocycles. The number of amides is 2. The number of halogens is 2. The second-order valence-electron chi connectivity index (χ2n) is 7.17. The van der Waals surface area contributed by atoms with Crippen molar-refractivity contribution in [3.05, 3.63) is 69.6 Å². The van der Waals surface area contributed by atoms with E-state index < -0.39 is 17.6 Å². The molecule has 0 unspecified atom stereocenters. The van der Waals surface area contributed by atoms with Gasteiger partial charge in [0.15, 0.2) is 0 Å². The van der Waals surface area contributed by atoms with Crippen molar-refractivity contribution in [1.82, 2.24) is 4.90 Å². The molecule has 5 nitrogen and oxygen atoms in total. The van der Waals surface area contributed by atoms with Gasteiger partial charge in [-0.05, 0) is 48.7 Å². The zero-order valence-electron chi connectivity index (χ0n) is 16.2. The lowest BCUT2D eigenvalue weighted by Crippen LogP contribution is -2.40. The van der Waals surface area contributed by atoms with Crippen LogP contribution < -0.4 is 4.90 Å². The largest absolute Gasteiger partial charge is 0.378 e. The molecule has 7 heteroatoms. The van der Waals surface area contributed by atoms with Gasteiger partial charge < -0.3 is 9.64 Å². The number of anilines is 1. The number of aryl methyl sites for hydroxylation is 2. The van der Waals surface area contributed by atoms with Gasteiger partial charge in [0.2, 0.25) is 0 Å². The van der Waals surface area contributed by atoms with E-state index in [1.165, 1.54) is 12.1 Å². The number of hydrogen-bond acceptors (Lipinski definition) is 4. The monoisotopic (exact) mass is 414 g/mol. The summed E-state index contributed by atoms with van der Waals surface area (Å²) in [4.78, 5) is 29.7. The number of carbonyl (C=O) groups excluding carboxylic acids is 2. The van der Waals surface area contributed by atoms with Crippen molar-refractivity contribution < 1.29 is 18.7 Å². The minimum absolute atomic E-state index is 0.143. The van der Waals surface area contributed by atoms with Crippen LogP contribution in [0.1, 0.15) is 16.7 Å². The molecule has 0 bridgehead atoms. The molecule has 2 aromatic carbocycles. The number of carbonyl (C=O) groups is 2. The molecule has 2 aromatic rings. The van der Waals surface area contributed by atoms with Gasteiger partial charge in [-0.3, -0.25) is 9.59 Å². The second-order valence-corrected chi connectivity index (χ2v) is 7.57. The quantitative estimate of drug-likeness (QED) is 0.718. The normalized spacial score (nSPS) is 17.5. The maximum Gasteiger partial charge on any atom is 0.282 e. The fraction of sp³-hybridized carbons (Fsp3) is 0.273. The van der Waals surface area contributed by atoms with E-state index in [4.69, 9.17) is 16.3 Å². The third-order valence-electron chi connectivity index (χ3n) is 5.34. The van der Waals surface area contributed by atoms with E-state index >= 15 is 0 Å². The highest BCUT2D eigenvalue weighted by atomic mass is 35.5. The number of nitrogens with zero attached hydrogens (tertiary/aromatic N) is 2. The zero-order valence-corrected chi connectivity index (χ0v) is 16.9. The van der Waals surface area contributed by atoms with E-state index in [1.54, 1.807) is 0 Å². The first kappa shape index (κ1) is 19.6. The van der Waals surface area contributed by atoms with Crippen molar-refractivity contribution in [2.45, 2.75) is 13.8 Å². The molecule has 0 atom stereocenters. The van der Waals surface area contributed by atoms with Crippen molar-refractivity contribution in [2.24, 2.45) is 0 Å². The van der Waals surface area contributed by atoms with Crippen LogP contribution in [0.25, 0.3) is 5.57 Å². The third kappa shape index (κ3) is 3.43. The van der Waals surface area contributed by atoms with Crippen LogP contribution in [-0.2, 0) is 14.3 Å². The Labute approximate surface area is 173 Å². The Bertz CT molecular complexity index is 1040. The van der Waals surface area contributed by atoms with E-state index in [9.17, 15) is 14.0 Å². The lowest BCUT2D eigenvalue weighted by atomic mass is 9.99. The molecule has 2 heterocycles. The van der Waals surface area contributed by atoms with Gasteiger partial charge in [0, 0.05) is 13.1 Å². The Balaban J connectivity index is 1.85. The fourth-order valence-electron chi connectivity index (χ4n) is 3.61. The molecular formula is C22H20ClFN2O3. The van der Waals surface area contributed by atoms with Crippen LogP contribution in [0, 0.1) is 19.7 Å². The Morgan fingerprint density at radius 3 is 2.34 bits per heavy atom. The van der Waals surface area contributed by atoms with Crippen LogP contribution in [0.15, 0.2) is 42.1 Å². The average molecular weight is 415 g/mol. The maximum absolute atomic E-state index is 13.6. The molecule has 1 fully saturated rings. The molecule has 150 valence electrons. The van der Waals surface area contributed by atoms with E-state index in [1.807, 2.05) is 36.9 Å². The summed E-state index contributed by atoms with van der Waals surface area (Å²) in [5.41, 5.74) is 3.75. The molecule has 2 aliphatic heterocycles. The molecule has 0 aliphatic carbocycles. The van der Waals surface area contributed by atoms with Crippen LogP contribution >= 0.6 is 11.6 Å². The predicted octanol–water partition coefficient (Wildman–Crippen LogP) is 3.71. The van der Waals surface area contributed by atoms with Crippen molar-refractivity contribution >= 4 is 34.7 Å². The summed E-state index contributed by atoms with van der Waals surface area (Å²) in [6.45, 7) is 5.94. The zero-order chi connectivity index (χ0) is 20.7. The van der Waals surface area contributed by atoms with Gasteiger partial charge in [-0.2, -0.15) is 0 Å². The first-order valence-corrected chi connectivity index (χ1v) is 9.74. The van der Waals surface area contributed by atoms with E-state index in [0.717, 1.165) is 22.1 Å². The molecule has 4 rings (SSSR count). The molecule has 0 spiro atoms. The molecule has 0 saturated carbocycles. The summed E-state index contributed by atoms with van der Waals surface area (Å²) in [7, 11) is 0. The standard InChI is InChI=1S/C22H20ClFN2O3/c1-13-3-4-15(11-14(13)2)19-20(25-7-9-29-10-8-25)22(28)26(21(19)27)16-5-6-18(24)17(23)12-16/h3-6,11-12H,7-10H2,1-2H3. The number of morpholine rings is 1. The van der Waals surface area contributed by atoms with Crippen LogP contribution in [0.3, 0.4) is 0 Å². The minimum atomic E-state index is -0.606. The number of rotatable bonds is 3. The minimum Gasteiger partial charge on any atom is -0.378 e. The summed E-state index contributed by atoms with van der Waals surface area (Å²) in [5, 5.41) is -0.143. The van der Waals surface area contributed by atoms with Gasteiger partial charge in [0.1, 0.15) is 11.5 Å². The molecule has 2 amide bonds. The highest BCUT2D eigenvalue weighted by Gasteiger charge is 2.43. The van der Waals surface area contributed by atoms with Gasteiger partial charge in [0.05, 0.1) is 29.5 Å². The fourth-order valence-corrected chi connectivity index (χ4v) is 3.79. The first-order valence-electron chi connectivity index (χ1n) is 9.37. The number of ether oxygens (including phenoxy) is 1. The van der Waals surface area contributed by atoms with Gasteiger partial charge in [-0.1, -0.05) is 29.8 Å². The molecule has 0 radical (unpaired) electrons. The predicted molar refractivity (Wildman–Crippen MR) is 109 cm³/mol. The van der Waals surface area contributed by atoms with Crippen molar-refractivity contribution in [3.8, 4) is 0 Å². The Kier molecular flexibility index (Phi) is 5.15. The maximum atomic E-state index is 13.6. The lowest BCUT2D eigenvalue weighted by Gasteiger charge is -2.29. The summed E-state index contributed by atoms with van der Waals surface area (Å²) >= 11 is 5.90. The molecule has 0 N–H and O–H groups in total. The number of benzene rings is 2. The summed E-state index contributed by atoms with van der Waals surface area (Å²) in [6, 6.07) is 9.54. The van der Waals surface area contributed by atoms with Gasteiger partial charge in [-0.15, -0.1) is 0 Å². The van der Waals surface area contributed by atoms with Crippen LogP contribution in [-0.4, -0.2) is 43.0 Å². The Morgan fingerprint density at radius 2 is 1.69 bits per heavy atom. The van der Waals surface area contributed by atoms with Gasteiger partial charge in [-0.25, -0.2) is 9.29 Å². The van der Waals surface area contributed by atoms with Gasteiger partial charge in [0.25, 0.3) is 11.8 Å². The highest BCUT2D eigenvalue weighted by Crippen LogP contribution is 2.36. The smallest absolute Gasteiger partial charge is 0.282 e. The van der Waals surface area contributed by atoms with E-state index in [0.29, 0.717) is 43.1 Å². The Morgan fingerprint density at radius 1 is 0.966 bits per heavy atom. The summed E-state index contributed by atoms with van der Waals surface area (Å²) in [6.07, 6.45) is 0.